The highest BCUT2D eigenvalue weighted by molar-refractivity contribution is 7.07. The van der Waals surface area contributed by atoms with Gasteiger partial charge in [-0.25, -0.2) is 0 Å². The van der Waals surface area contributed by atoms with Crippen LogP contribution in [0.1, 0.15) is 21.7 Å². The molecule has 92 valence electrons. The van der Waals surface area contributed by atoms with Gasteiger partial charge in [0.2, 0.25) is 0 Å². The van der Waals surface area contributed by atoms with Crippen molar-refractivity contribution in [2.75, 3.05) is 17.2 Å². The highest BCUT2D eigenvalue weighted by Gasteiger charge is 2.24. The van der Waals surface area contributed by atoms with Gasteiger partial charge in [0.05, 0.1) is 6.20 Å². The van der Waals surface area contributed by atoms with Crippen LogP contribution in [-0.4, -0.2) is 22.0 Å². The number of hydrogen-bond donors (Lipinski definition) is 1. The van der Waals surface area contributed by atoms with Crippen LogP contribution in [0.25, 0.3) is 0 Å². The summed E-state index contributed by atoms with van der Waals surface area (Å²) in [6.45, 7) is 0.730. The van der Waals surface area contributed by atoms with Crippen LogP contribution in [-0.2, 0) is 6.42 Å². The molecule has 0 radical (unpaired) electrons. The fourth-order valence-electron chi connectivity index (χ4n) is 2.22. The number of nitrogens with zero attached hydrogens (tertiary/aromatic N) is 3. The maximum atomic E-state index is 12.3. The molecule has 5 nitrogen and oxygen atoms in total. The van der Waals surface area contributed by atoms with E-state index < -0.39 is 0 Å². The molecule has 1 aliphatic heterocycles. The van der Waals surface area contributed by atoms with Crippen LogP contribution in [0.5, 0.6) is 0 Å². The summed E-state index contributed by atoms with van der Waals surface area (Å²) in [7, 11) is 0. The Bertz CT molecular complexity index is 582. The predicted molar refractivity (Wildman–Crippen MR) is 70.8 cm³/mol. The van der Waals surface area contributed by atoms with Crippen molar-refractivity contribution >= 4 is 28.8 Å². The maximum absolute atomic E-state index is 12.3. The van der Waals surface area contributed by atoms with Crippen LogP contribution in [0.2, 0.25) is 0 Å². The van der Waals surface area contributed by atoms with Gasteiger partial charge in [-0.05, 0) is 48.1 Å². The average molecular weight is 260 g/mol. The number of benzene rings is 1. The summed E-state index contributed by atoms with van der Waals surface area (Å²) in [5.74, 6) is -0.0317. The van der Waals surface area contributed by atoms with E-state index in [1.807, 2.05) is 18.2 Å². The number of aromatic nitrogens is 2. The summed E-state index contributed by atoms with van der Waals surface area (Å²) in [6, 6.07) is 5.69. The van der Waals surface area contributed by atoms with Crippen LogP contribution in [0, 0.1) is 0 Å². The molecule has 0 saturated heterocycles. The fraction of sp³-hybridized carbons (Fsp3) is 0.250. The van der Waals surface area contributed by atoms with E-state index in [9.17, 15) is 4.79 Å². The van der Waals surface area contributed by atoms with Crippen molar-refractivity contribution in [1.29, 1.82) is 0 Å². The smallest absolute Gasteiger partial charge is 0.271 e. The molecule has 2 heterocycles. The molecular formula is C12H12N4OS. The lowest BCUT2D eigenvalue weighted by molar-refractivity contribution is 0.0989. The summed E-state index contributed by atoms with van der Waals surface area (Å²) in [5, 5.41) is 3.71. The third-order valence-electron chi connectivity index (χ3n) is 3.04. The zero-order valence-corrected chi connectivity index (χ0v) is 10.5. The summed E-state index contributed by atoms with van der Waals surface area (Å²) in [6.07, 6.45) is 3.43. The van der Waals surface area contributed by atoms with Gasteiger partial charge in [-0.2, -0.15) is 0 Å². The summed E-state index contributed by atoms with van der Waals surface area (Å²) in [4.78, 5) is 14.7. The molecule has 1 aliphatic rings. The Hall–Kier alpha value is -1.95. The van der Waals surface area contributed by atoms with Crippen LogP contribution < -0.4 is 10.6 Å². The zero-order valence-electron chi connectivity index (χ0n) is 9.67. The normalized spacial score (nSPS) is 14.3. The molecule has 0 saturated carbocycles. The van der Waals surface area contributed by atoms with Crippen LogP contribution in [0.15, 0.2) is 24.4 Å². The molecular weight excluding hydrogens is 248 g/mol. The first-order valence-electron chi connectivity index (χ1n) is 5.73. The maximum Gasteiger partial charge on any atom is 0.271 e. The van der Waals surface area contributed by atoms with Gasteiger partial charge in [0.1, 0.15) is 4.88 Å². The lowest BCUT2D eigenvalue weighted by Gasteiger charge is -2.29. The number of nitrogen functional groups attached to an aromatic ring is 1. The topological polar surface area (TPSA) is 72.1 Å². The Morgan fingerprint density at radius 2 is 2.33 bits per heavy atom. The predicted octanol–water partition coefficient (Wildman–Crippen LogP) is 1.71. The van der Waals surface area contributed by atoms with Gasteiger partial charge < -0.3 is 10.6 Å². The minimum absolute atomic E-state index is 0.0317. The van der Waals surface area contributed by atoms with Crippen molar-refractivity contribution < 1.29 is 4.79 Å². The molecule has 0 aliphatic carbocycles. The second kappa shape index (κ2) is 4.38. The van der Waals surface area contributed by atoms with E-state index in [1.54, 1.807) is 4.90 Å². The Kier molecular flexibility index (Phi) is 2.71. The third-order valence-corrected chi connectivity index (χ3v) is 3.69. The molecule has 18 heavy (non-hydrogen) atoms. The van der Waals surface area contributed by atoms with Gasteiger partial charge in [-0.15, -0.1) is 5.10 Å². The van der Waals surface area contributed by atoms with Gasteiger partial charge >= 0.3 is 0 Å². The van der Waals surface area contributed by atoms with E-state index in [1.165, 1.54) is 6.20 Å². The average Bonchev–Trinajstić information content (AvgIpc) is 2.90. The largest absolute Gasteiger partial charge is 0.399 e. The number of amides is 1. The third kappa shape index (κ3) is 1.84. The molecule has 0 atom stereocenters. The first-order valence-corrected chi connectivity index (χ1v) is 6.50. The summed E-state index contributed by atoms with van der Waals surface area (Å²) < 4.78 is 3.73. The van der Waals surface area contributed by atoms with Gasteiger partial charge in [-0.3, -0.25) is 4.79 Å². The number of fused-ring (bicyclic) bond motifs is 1. The van der Waals surface area contributed by atoms with Crippen molar-refractivity contribution in [1.82, 2.24) is 9.59 Å². The zero-order chi connectivity index (χ0) is 12.5. The molecule has 1 aromatic carbocycles. The summed E-state index contributed by atoms with van der Waals surface area (Å²) in [5.41, 5.74) is 8.60. The first kappa shape index (κ1) is 11.2. The van der Waals surface area contributed by atoms with Crippen LogP contribution >= 0.6 is 11.5 Å². The number of anilines is 2. The molecule has 0 bridgehead atoms. The van der Waals surface area contributed by atoms with Gasteiger partial charge in [-0.1, -0.05) is 4.49 Å². The van der Waals surface area contributed by atoms with Gasteiger partial charge in [0.15, 0.2) is 0 Å². The standard InChI is InChI=1S/C12H12N4OS/c13-9-3-4-10-8(6-9)2-1-5-16(10)12(17)11-7-14-15-18-11/h3-4,6-7H,1-2,5,13H2. The Labute approximate surface area is 108 Å². The van der Waals surface area contributed by atoms with Crippen LogP contribution in [0.3, 0.4) is 0 Å². The number of hydrogen-bond acceptors (Lipinski definition) is 5. The quantitative estimate of drug-likeness (QED) is 0.792. The SMILES string of the molecule is Nc1ccc2c(c1)CCCN2C(=O)c1cnns1. The monoisotopic (exact) mass is 260 g/mol. The molecule has 0 spiro atoms. The minimum Gasteiger partial charge on any atom is -0.399 e. The van der Waals surface area contributed by atoms with Crippen LogP contribution in [0.4, 0.5) is 11.4 Å². The highest BCUT2D eigenvalue weighted by Crippen LogP contribution is 2.30. The van der Waals surface area contributed by atoms with E-state index in [0.29, 0.717) is 4.88 Å². The van der Waals surface area contributed by atoms with E-state index in [0.717, 1.165) is 47.9 Å². The van der Waals surface area contributed by atoms with E-state index in [4.69, 9.17) is 5.73 Å². The van der Waals surface area contributed by atoms with Gasteiger partial charge in [0, 0.05) is 17.9 Å². The first-order chi connectivity index (χ1) is 8.75. The second-order valence-corrected chi connectivity index (χ2v) is 5.02. The number of carbonyl (C=O) groups is 1. The van der Waals surface area contributed by atoms with Crippen molar-refractivity contribution in [3.05, 3.63) is 34.8 Å². The Morgan fingerprint density at radius 1 is 1.44 bits per heavy atom. The molecule has 2 aromatic rings. The fourth-order valence-corrected chi connectivity index (χ4v) is 2.69. The highest BCUT2D eigenvalue weighted by atomic mass is 32.1. The molecule has 2 N–H and O–H groups in total. The second-order valence-electron chi connectivity index (χ2n) is 4.23. The van der Waals surface area contributed by atoms with Crippen molar-refractivity contribution in [3.63, 3.8) is 0 Å². The number of carbonyl (C=O) groups excluding carboxylic acids is 1. The van der Waals surface area contributed by atoms with Gasteiger partial charge in [0.25, 0.3) is 5.91 Å². The Balaban J connectivity index is 1.99. The summed E-state index contributed by atoms with van der Waals surface area (Å²) >= 11 is 1.13. The van der Waals surface area contributed by atoms with Crippen molar-refractivity contribution in [2.24, 2.45) is 0 Å². The number of aryl methyl sites for hydroxylation is 1. The molecule has 1 amide bonds. The molecule has 0 unspecified atom stereocenters. The number of rotatable bonds is 1. The molecule has 6 heteroatoms. The minimum atomic E-state index is -0.0317. The molecule has 3 rings (SSSR count). The van der Waals surface area contributed by atoms with E-state index in [-0.39, 0.29) is 5.91 Å². The molecule has 1 aromatic heterocycles. The lowest BCUT2D eigenvalue weighted by Crippen LogP contribution is -2.35. The van der Waals surface area contributed by atoms with E-state index in [2.05, 4.69) is 9.59 Å². The number of nitrogens with two attached hydrogens (primary N) is 1. The molecule has 0 fully saturated rings. The Morgan fingerprint density at radius 3 is 3.11 bits per heavy atom. The van der Waals surface area contributed by atoms with E-state index >= 15 is 0 Å². The lowest BCUT2D eigenvalue weighted by atomic mass is 10.0. The van der Waals surface area contributed by atoms with Crippen molar-refractivity contribution in [2.45, 2.75) is 12.8 Å². The van der Waals surface area contributed by atoms with Crippen molar-refractivity contribution in [3.8, 4) is 0 Å².